The molecule has 1 saturated carbocycles. The number of carboxylic acid groups (broad SMARTS) is 1. The van der Waals surface area contributed by atoms with Gasteiger partial charge in [0.15, 0.2) is 5.76 Å². The van der Waals surface area contributed by atoms with Gasteiger partial charge in [0, 0.05) is 5.56 Å². The minimum Gasteiger partial charge on any atom is -0.490 e. The fourth-order valence-corrected chi connectivity index (χ4v) is 3.95. The molecule has 0 bridgehead atoms. The number of benzene rings is 2. The van der Waals surface area contributed by atoms with Gasteiger partial charge < -0.3 is 19.1 Å². The first-order valence-corrected chi connectivity index (χ1v) is 10.9. The predicted octanol–water partition coefficient (Wildman–Crippen LogP) is 5.59. The van der Waals surface area contributed by atoms with Crippen molar-refractivity contribution in [3.05, 3.63) is 65.9 Å². The molecule has 0 spiro atoms. The van der Waals surface area contributed by atoms with Gasteiger partial charge in [-0.2, -0.15) is 0 Å². The van der Waals surface area contributed by atoms with Crippen molar-refractivity contribution in [3.8, 4) is 17.1 Å². The van der Waals surface area contributed by atoms with E-state index in [-0.39, 0.29) is 12.0 Å². The topological polar surface area (TPSA) is 111 Å². The van der Waals surface area contributed by atoms with Gasteiger partial charge in [0.25, 0.3) is 0 Å². The Hall–Kier alpha value is -3.81. The molecule has 1 aromatic heterocycles. The molecule has 1 unspecified atom stereocenters. The molecular formula is C25H26N2O6. The number of nitrogens with zero attached hydrogens (tertiary/aromatic N) is 1. The maximum atomic E-state index is 12.5. The van der Waals surface area contributed by atoms with E-state index >= 15 is 0 Å². The van der Waals surface area contributed by atoms with Crippen LogP contribution in [0.25, 0.3) is 11.3 Å². The number of carbonyl (C=O) groups is 2. The summed E-state index contributed by atoms with van der Waals surface area (Å²) in [5.74, 6) is -0.0508. The van der Waals surface area contributed by atoms with E-state index in [0.717, 1.165) is 12.0 Å². The molecule has 3 aromatic rings. The van der Waals surface area contributed by atoms with E-state index in [2.05, 4.69) is 10.5 Å². The first-order chi connectivity index (χ1) is 15.9. The van der Waals surface area contributed by atoms with E-state index in [1.165, 1.54) is 0 Å². The SMILES string of the molecule is Cc1noc(-c2ccc(O[C@H]3CC[C@H](C(=O)O)C3)cc2)c1NC(=O)OC(C)c1ccccc1. The molecule has 3 atom stereocenters. The van der Waals surface area contributed by atoms with Crippen LogP contribution in [-0.2, 0) is 9.53 Å². The summed E-state index contributed by atoms with van der Waals surface area (Å²) >= 11 is 0. The van der Waals surface area contributed by atoms with Crippen LogP contribution in [0.3, 0.4) is 0 Å². The van der Waals surface area contributed by atoms with Gasteiger partial charge >= 0.3 is 12.1 Å². The smallest absolute Gasteiger partial charge is 0.412 e. The van der Waals surface area contributed by atoms with Crippen molar-refractivity contribution < 1.29 is 28.7 Å². The van der Waals surface area contributed by atoms with Crippen LogP contribution in [-0.4, -0.2) is 28.4 Å². The average Bonchev–Trinajstić information content (AvgIpc) is 3.42. The van der Waals surface area contributed by atoms with E-state index in [1.807, 2.05) is 42.5 Å². The number of carbonyl (C=O) groups excluding carboxylic acids is 1. The third-order valence-corrected chi connectivity index (χ3v) is 5.80. The second kappa shape index (κ2) is 9.77. The monoisotopic (exact) mass is 450 g/mol. The lowest BCUT2D eigenvalue weighted by atomic mass is 10.1. The number of aromatic nitrogens is 1. The van der Waals surface area contributed by atoms with Crippen LogP contribution in [0.4, 0.5) is 10.5 Å². The lowest BCUT2D eigenvalue weighted by Crippen LogP contribution is -2.16. The highest BCUT2D eigenvalue weighted by atomic mass is 16.6. The Balaban J connectivity index is 1.41. The van der Waals surface area contributed by atoms with Crippen molar-refractivity contribution >= 4 is 17.7 Å². The molecule has 8 nitrogen and oxygen atoms in total. The van der Waals surface area contributed by atoms with Crippen LogP contribution < -0.4 is 10.1 Å². The van der Waals surface area contributed by atoms with Crippen molar-refractivity contribution in [2.75, 3.05) is 5.32 Å². The third kappa shape index (κ3) is 5.34. The van der Waals surface area contributed by atoms with Gasteiger partial charge in [-0.3, -0.25) is 10.1 Å². The molecule has 2 aromatic carbocycles. The Morgan fingerprint density at radius 3 is 2.52 bits per heavy atom. The van der Waals surface area contributed by atoms with Crippen LogP contribution in [0.2, 0.25) is 0 Å². The van der Waals surface area contributed by atoms with Crippen molar-refractivity contribution in [1.82, 2.24) is 5.16 Å². The Morgan fingerprint density at radius 1 is 1.12 bits per heavy atom. The van der Waals surface area contributed by atoms with Crippen molar-refractivity contribution in [2.45, 2.75) is 45.3 Å². The van der Waals surface area contributed by atoms with Crippen LogP contribution in [0.1, 0.15) is 43.5 Å². The highest BCUT2D eigenvalue weighted by molar-refractivity contribution is 5.90. The van der Waals surface area contributed by atoms with Crippen LogP contribution >= 0.6 is 0 Å². The highest BCUT2D eigenvalue weighted by Crippen LogP contribution is 2.34. The van der Waals surface area contributed by atoms with Crippen LogP contribution in [0, 0.1) is 12.8 Å². The van der Waals surface area contributed by atoms with Gasteiger partial charge in [0.05, 0.1) is 12.0 Å². The second-order valence-electron chi connectivity index (χ2n) is 8.17. The second-order valence-corrected chi connectivity index (χ2v) is 8.17. The maximum absolute atomic E-state index is 12.5. The molecule has 1 aliphatic rings. The summed E-state index contributed by atoms with van der Waals surface area (Å²) < 4.78 is 16.9. The predicted molar refractivity (Wildman–Crippen MR) is 121 cm³/mol. The molecule has 0 aliphatic heterocycles. The van der Waals surface area contributed by atoms with E-state index in [1.54, 1.807) is 26.0 Å². The number of nitrogens with one attached hydrogen (secondary N) is 1. The van der Waals surface area contributed by atoms with E-state index in [4.69, 9.17) is 19.1 Å². The molecule has 0 saturated heterocycles. The first-order valence-electron chi connectivity index (χ1n) is 10.9. The molecule has 2 N–H and O–H groups in total. The number of carboxylic acids is 1. The van der Waals surface area contributed by atoms with Gasteiger partial charge in [-0.05, 0) is 62.9 Å². The number of ether oxygens (including phenoxy) is 2. The van der Waals surface area contributed by atoms with Gasteiger partial charge in [0.1, 0.15) is 23.2 Å². The number of amides is 1. The molecule has 1 aliphatic carbocycles. The first kappa shape index (κ1) is 22.4. The number of anilines is 1. The summed E-state index contributed by atoms with van der Waals surface area (Å²) in [6.07, 6.45) is 0.732. The number of aryl methyl sites for hydroxylation is 1. The molecule has 172 valence electrons. The largest absolute Gasteiger partial charge is 0.490 e. The minimum atomic E-state index is -0.770. The zero-order valence-electron chi connectivity index (χ0n) is 18.5. The fraction of sp³-hybridized carbons (Fsp3) is 0.320. The van der Waals surface area contributed by atoms with E-state index in [0.29, 0.717) is 41.3 Å². The van der Waals surface area contributed by atoms with Crippen LogP contribution in [0.5, 0.6) is 5.75 Å². The van der Waals surface area contributed by atoms with E-state index < -0.39 is 18.2 Å². The number of aliphatic carboxylic acids is 1. The Bertz CT molecular complexity index is 1110. The Labute approximate surface area is 191 Å². The molecule has 33 heavy (non-hydrogen) atoms. The summed E-state index contributed by atoms with van der Waals surface area (Å²) in [7, 11) is 0. The lowest BCUT2D eigenvalue weighted by Gasteiger charge is -2.15. The summed E-state index contributed by atoms with van der Waals surface area (Å²) in [5.41, 5.74) is 2.57. The summed E-state index contributed by atoms with van der Waals surface area (Å²) in [4.78, 5) is 23.6. The lowest BCUT2D eigenvalue weighted by molar-refractivity contribution is -0.141. The zero-order chi connectivity index (χ0) is 23.4. The Kier molecular flexibility index (Phi) is 6.63. The van der Waals surface area contributed by atoms with E-state index in [9.17, 15) is 9.59 Å². The third-order valence-electron chi connectivity index (χ3n) is 5.80. The molecule has 1 amide bonds. The average molecular weight is 450 g/mol. The number of hydrogen-bond acceptors (Lipinski definition) is 6. The number of hydrogen-bond donors (Lipinski definition) is 2. The fourth-order valence-electron chi connectivity index (χ4n) is 3.95. The van der Waals surface area contributed by atoms with Gasteiger partial charge in [-0.25, -0.2) is 4.79 Å². The summed E-state index contributed by atoms with van der Waals surface area (Å²) in [5, 5.41) is 15.9. The highest BCUT2D eigenvalue weighted by Gasteiger charge is 2.31. The molecule has 4 rings (SSSR count). The summed E-state index contributed by atoms with van der Waals surface area (Å²) in [6, 6.07) is 16.7. The van der Waals surface area contributed by atoms with Gasteiger partial charge in [-0.15, -0.1) is 0 Å². The normalized spacial score (nSPS) is 18.5. The minimum absolute atomic E-state index is 0.108. The quantitative estimate of drug-likeness (QED) is 0.482. The van der Waals surface area contributed by atoms with Crippen molar-refractivity contribution in [2.24, 2.45) is 5.92 Å². The van der Waals surface area contributed by atoms with Crippen molar-refractivity contribution in [3.63, 3.8) is 0 Å². The number of rotatable bonds is 7. The van der Waals surface area contributed by atoms with Crippen molar-refractivity contribution in [1.29, 1.82) is 0 Å². The van der Waals surface area contributed by atoms with Gasteiger partial charge in [0.2, 0.25) is 0 Å². The molecular weight excluding hydrogens is 424 g/mol. The molecule has 1 heterocycles. The molecule has 8 heteroatoms. The zero-order valence-corrected chi connectivity index (χ0v) is 18.5. The maximum Gasteiger partial charge on any atom is 0.412 e. The molecule has 1 fully saturated rings. The summed E-state index contributed by atoms with van der Waals surface area (Å²) in [6.45, 7) is 3.54. The van der Waals surface area contributed by atoms with Crippen LogP contribution in [0.15, 0.2) is 59.1 Å². The standard InChI is InChI=1S/C25H26N2O6/c1-15-22(26-25(30)31-16(2)17-6-4-3-5-7-17)23(33-27-15)18-8-11-20(12-9-18)32-21-13-10-19(14-21)24(28)29/h3-9,11-12,16,19,21H,10,13-14H2,1-2H3,(H,26,30)(H,28,29)/t16?,19-,21-/m0/s1. The Morgan fingerprint density at radius 2 is 1.85 bits per heavy atom. The van der Waals surface area contributed by atoms with Gasteiger partial charge in [-0.1, -0.05) is 35.5 Å². The molecule has 0 radical (unpaired) electrons.